The summed E-state index contributed by atoms with van der Waals surface area (Å²) in [6.07, 6.45) is 0.515. The molecule has 1 heterocycles. The number of hydrogen-bond donors (Lipinski definition) is 4. The number of benzene rings is 3. The number of nitrogens with zero attached hydrogens (tertiary/aromatic N) is 1. The summed E-state index contributed by atoms with van der Waals surface area (Å²) in [7, 11) is -3.86. The van der Waals surface area contributed by atoms with Gasteiger partial charge in [-0.1, -0.05) is 54.2 Å². The Balaban J connectivity index is 1.24. The summed E-state index contributed by atoms with van der Waals surface area (Å²) in [5, 5.41) is 23.4. The van der Waals surface area contributed by atoms with E-state index in [0.29, 0.717) is 36.3 Å². The summed E-state index contributed by atoms with van der Waals surface area (Å²) in [6.45, 7) is 1.02. The van der Waals surface area contributed by atoms with Crippen LogP contribution in [-0.4, -0.2) is 36.6 Å². The second-order valence-corrected chi connectivity index (χ2v) is 12.1. The van der Waals surface area contributed by atoms with Crippen molar-refractivity contribution in [2.75, 3.05) is 17.8 Å². The van der Waals surface area contributed by atoms with Crippen molar-refractivity contribution >= 4 is 38.6 Å². The Morgan fingerprint density at radius 2 is 1.70 bits per heavy atom. The number of pyridine rings is 1. The molecule has 12 heteroatoms. The van der Waals surface area contributed by atoms with Gasteiger partial charge in [0.1, 0.15) is 0 Å². The van der Waals surface area contributed by atoms with Gasteiger partial charge in [-0.05, 0) is 78.0 Å². The molecule has 0 bridgehead atoms. The van der Waals surface area contributed by atoms with Crippen LogP contribution in [0.25, 0.3) is 6.08 Å². The normalized spacial score (nSPS) is 12.7. The van der Waals surface area contributed by atoms with Crippen molar-refractivity contribution in [3.8, 4) is 0 Å². The fourth-order valence-electron chi connectivity index (χ4n) is 3.93. The third-order valence-electron chi connectivity index (χ3n) is 6.31. The maximum absolute atomic E-state index is 12.9. The van der Waals surface area contributed by atoms with Gasteiger partial charge in [0.15, 0.2) is 0 Å². The monoisotopic (exact) mass is 626 g/mol. The average Bonchev–Trinajstić information content (AvgIpc) is 3.00. The van der Waals surface area contributed by atoms with Crippen LogP contribution < -0.4 is 10.0 Å². The summed E-state index contributed by atoms with van der Waals surface area (Å²) in [6, 6.07) is 21.2. The Morgan fingerprint density at radius 3 is 2.33 bits per heavy atom. The number of alkyl halides is 3. The van der Waals surface area contributed by atoms with Crippen molar-refractivity contribution in [3.05, 3.63) is 131 Å². The van der Waals surface area contributed by atoms with Gasteiger partial charge >= 0.3 is 6.18 Å². The summed E-state index contributed by atoms with van der Waals surface area (Å²) in [5.74, 6) is 0. The van der Waals surface area contributed by atoms with E-state index in [9.17, 15) is 26.7 Å². The molecule has 224 valence electrons. The van der Waals surface area contributed by atoms with E-state index in [1.54, 1.807) is 42.1 Å². The molecule has 0 aliphatic carbocycles. The van der Waals surface area contributed by atoms with Crippen LogP contribution in [0.5, 0.6) is 0 Å². The molecule has 0 saturated heterocycles. The van der Waals surface area contributed by atoms with E-state index in [4.69, 9.17) is 5.41 Å². The van der Waals surface area contributed by atoms with Gasteiger partial charge in [-0.3, -0.25) is 15.1 Å². The molecule has 7 nitrogen and oxygen atoms in total. The molecule has 0 fully saturated rings. The Morgan fingerprint density at radius 1 is 1.00 bits per heavy atom. The lowest BCUT2D eigenvalue weighted by Crippen LogP contribution is -2.23. The minimum Gasteiger partial charge on any atom is -0.387 e. The SMILES string of the molecule is N=C(S/C=C/c1ccc(C(F)(F)F)cc1)c1ccc(S(=O)(=O)Nc2ccc(CCNC[C@H](O)c3cccnc3)cc2)cc1. The van der Waals surface area contributed by atoms with E-state index >= 15 is 0 Å². The molecule has 0 spiro atoms. The first-order valence-electron chi connectivity index (χ1n) is 13.1. The summed E-state index contributed by atoms with van der Waals surface area (Å²) >= 11 is 1.05. The highest BCUT2D eigenvalue weighted by atomic mass is 32.2. The average molecular weight is 627 g/mol. The Kier molecular flexibility index (Phi) is 10.8. The zero-order valence-electron chi connectivity index (χ0n) is 22.8. The molecule has 0 aliphatic heterocycles. The Hall–Kier alpha value is -3.97. The van der Waals surface area contributed by atoms with Crippen molar-refractivity contribution in [2.24, 2.45) is 0 Å². The lowest BCUT2D eigenvalue weighted by molar-refractivity contribution is -0.137. The van der Waals surface area contributed by atoms with Crippen molar-refractivity contribution < 1.29 is 26.7 Å². The van der Waals surface area contributed by atoms with Gasteiger partial charge in [0.2, 0.25) is 0 Å². The molecule has 0 saturated carbocycles. The number of rotatable bonds is 12. The van der Waals surface area contributed by atoms with Crippen LogP contribution in [0.3, 0.4) is 0 Å². The highest BCUT2D eigenvalue weighted by molar-refractivity contribution is 8.16. The van der Waals surface area contributed by atoms with E-state index in [2.05, 4.69) is 15.0 Å². The largest absolute Gasteiger partial charge is 0.416 e. The minimum absolute atomic E-state index is 0.0368. The second-order valence-electron chi connectivity index (χ2n) is 9.45. The van der Waals surface area contributed by atoms with Gasteiger partial charge in [-0.15, -0.1) is 0 Å². The molecule has 43 heavy (non-hydrogen) atoms. The molecule has 1 atom stereocenters. The molecule has 1 aromatic heterocycles. The highest BCUT2D eigenvalue weighted by Crippen LogP contribution is 2.29. The summed E-state index contributed by atoms with van der Waals surface area (Å²) in [5.41, 5.74) is 2.47. The summed E-state index contributed by atoms with van der Waals surface area (Å²) < 4.78 is 66.4. The van der Waals surface area contributed by atoms with Gasteiger partial charge in [0.05, 0.1) is 21.6 Å². The zero-order chi connectivity index (χ0) is 30.9. The predicted molar refractivity (Wildman–Crippen MR) is 164 cm³/mol. The molecule has 4 rings (SSSR count). The molecule has 0 amide bonds. The quantitative estimate of drug-likeness (QED) is 0.0812. The maximum atomic E-state index is 12.9. The third kappa shape index (κ3) is 9.52. The molecule has 0 radical (unpaired) electrons. The number of nitrogens with one attached hydrogen (secondary N) is 3. The van der Waals surface area contributed by atoms with E-state index < -0.39 is 27.9 Å². The summed E-state index contributed by atoms with van der Waals surface area (Å²) in [4.78, 5) is 4.04. The fraction of sp³-hybridized carbons (Fsp3) is 0.161. The van der Waals surface area contributed by atoms with Crippen molar-refractivity contribution in [1.29, 1.82) is 5.41 Å². The molecular weight excluding hydrogens is 597 g/mol. The Labute approximate surface area is 252 Å². The van der Waals surface area contributed by atoms with E-state index in [1.807, 2.05) is 18.2 Å². The number of halogens is 3. The molecule has 3 aromatic carbocycles. The molecule has 0 unspecified atom stereocenters. The van der Waals surface area contributed by atoms with Gasteiger partial charge < -0.3 is 10.4 Å². The lowest BCUT2D eigenvalue weighted by atomic mass is 10.1. The first-order valence-corrected chi connectivity index (χ1v) is 15.5. The van der Waals surface area contributed by atoms with Crippen LogP contribution in [0, 0.1) is 5.41 Å². The number of aromatic nitrogens is 1. The van der Waals surface area contributed by atoms with Crippen molar-refractivity contribution in [1.82, 2.24) is 10.3 Å². The fourth-order valence-corrected chi connectivity index (χ4v) is 5.63. The van der Waals surface area contributed by atoms with Crippen molar-refractivity contribution in [2.45, 2.75) is 23.6 Å². The third-order valence-corrected chi connectivity index (χ3v) is 8.46. The van der Waals surface area contributed by atoms with Crippen LogP contribution in [0.1, 0.15) is 33.9 Å². The second kappa shape index (κ2) is 14.5. The Bertz CT molecular complexity index is 1630. The van der Waals surface area contributed by atoms with E-state index in [0.717, 1.165) is 35.0 Å². The van der Waals surface area contributed by atoms with Crippen LogP contribution in [0.15, 0.2) is 108 Å². The van der Waals surface area contributed by atoms with Crippen LogP contribution in [-0.2, 0) is 22.6 Å². The minimum atomic E-state index is -4.40. The number of anilines is 1. The van der Waals surface area contributed by atoms with Crippen LogP contribution in [0.2, 0.25) is 0 Å². The first-order chi connectivity index (χ1) is 20.5. The standard InChI is InChI=1S/C31H29F3N4O3S2/c32-31(33,34)26-9-3-23(4-10-26)16-19-42-30(35)24-7-13-28(14-8-24)43(40,41)38-27-11-5-22(6-12-27)15-18-37-21-29(39)25-2-1-17-36-20-25/h1-14,16-17,19-20,29,35,37-39H,15,18,21H2/b19-16+,35-30?/t29-/m0/s1. The zero-order valence-corrected chi connectivity index (χ0v) is 24.4. The number of hydrogen-bond acceptors (Lipinski definition) is 7. The molecule has 4 aromatic rings. The van der Waals surface area contributed by atoms with Crippen LogP contribution >= 0.6 is 11.8 Å². The van der Waals surface area contributed by atoms with E-state index in [1.165, 1.54) is 36.4 Å². The topological polar surface area (TPSA) is 115 Å². The smallest absolute Gasteiger partial charge is 0.387 e. The molecule has 0 aliphatic rings. The molecular formula is C31H29F3N4O3S2. The highest BCUT2D eigenvalue weighted by Gasteiger charge is 2.29. The van der Waals surface area contributed by atoms with Crippen LogP contribution in [0.4, 0.5) is 18.9 Å². The van der Waals surface area contributed by atoms with Gasteiger partial charge in [0, 0.05) is 35.8 Å². The first kappa shape index (κ1) is 32.0. The van der Waals surface area contributed by atoms with Gasteiger partial charge in [0.25, 0.3) is 10.0 Å². The molecule has 4 N–H and O–H groups in total. The number of aliphatic hydroxyl groups excluding tert-OH is 1. The maximum Gasteiger partial charge on any atom is 0.416 e. The number of thioether (sulfide) groups is 1. The van der Waals surface area contributed by atoms with Crippen molar-refractivity contribution in [3.63, 3.8) is 0 Å². The van der Waals surface area contributed by atoms with Gasteiger partial charge in [-0.2, -0.15) is 13.2 Å². The lowest BCUT2D eigenvalue weighted by Gasteiger charge is -2.12. The predicted octanol–water partition coefficient (Wildman–Crippen LogP) is 6.50. The van der Waals surface area contributed by atoms with E-state index in [-0.39, 0.29) is 9.94 Å². The number of sulfonamides is 1. The van der Waals surface area contributed by atoms with Gasteiger partial charge in [-0.25, -0.2) is 8.42 Å². The number of aliphatic hydroxyl groups is 1.